The number of benzene rings is 1. The summed E-state index contributed by atoms with van der Waals surface area (Å²) in [7, 11) is 0. The van der Waals surface area contributed by atoms with Crippen molar-refractivity contribution in [3.05, 3.63) is 46.7 Å². The Bertz CT molecular complexity index is 848. The number of carboxylic acid groups (broad SMARTS) is 1. The standard InChI is InChI=1S/C18H18N2O6S/c1-9-3-5-11(6-4-9)15(22)19-13-16(23)20-14(18(24)25)12(7-26-10(2)21)8-27-17(13)20/h3-6,13,17H,7-8H2,1-2H3,(H,19,22)(H,24,25)/t13?,17-/m1/s1. The Balaban J connectivity index is 1.75. The summed E-state index contributed by atoms with van der Waals surface area (Å²) in [5, 5.41) is 11.7. The quantitative estimate of drug-likeness (QED) is 0.567. The van der Waals surface area contributed by atoms with E-state index in [0.717, 1.165) is 10.5 Å². The third kappa shape index (κ3) is 3.68. The van der Waals surface area contributed by atoms with Crippen LogP contribution in [0.3, 0.4) is 0 Å². The first-order valence-electron chi connectivity index (χ1n) is 8.20. The number of nitrogens with zero attached hydrogens (tertiary/aromatic N) is 1. The van der Waals surface area contributed by atoms with Gasteiger partial charge in [0, 0.05) is 23.8 Å². The lowest BCUT2D eigenvalue weighted by Crippen LogP contribution is -2.70. The van der Waals surface area contributed by atoms with Crippen molar-refractivity contribution in [2.45, 2.75) is 25.3 Å². The average Bonchev–Trinajstić information content (AvgIpc) is 2.63. The molecule has 0 bridgehead atoms. The molecule has 1 aromatic rings. The first-order valence-corrected chi connectivity index (χ1v) is 9.25. The number of aliphatic carboxylic acids is 1. The molecule has 8 nitrogen and oxygen atoms in total. The highest BCUT2D eigenvalue weighted by molar-refractivity contribution is 8.00. The van der Waals surface area contributed by atoms with Crippen LogP contribution in [0.5, 0.6) is 0 Å². The van der Waals surface area contributed by atoms with Crippen LogP contribution in [0.25, 0.3) is 0 Å². The van der Waals surface area contributed by atoms with Gasteiger partial charge in [0.2, 0.25) is 0 Å². The van der Waals surface area contributed by atoms with Crippen molar-refractivity contribution >= 4 is 35.5 Å². The number of amides is 2. The number of hydrogen-bond acceptors (Lipinski definition) is 6. The van der Waals surface area contributed by atoms with E-state index in [2.05, 4.69) is 5.32 Å². The van der Waals surface area contributed by atoms with Gasteiger partial charge in [0.05, 0.1) is 0 Å². The van der Waals surface area contributed by atoms with Gasteiger partial charge in [-0.25, -0.2) is 4.79 Å². The SMILES string of the molecule is CC(=O)OCC1=C(C(=O)O)N2C(=O)C(NC(=O)c3ccc(C)cc3)[C@H]2SC1. The largest absolute Gasteiger partial charge is 0.477 e. The van der Waals surface area contributed by atoms with E-state index >= 15 is 0 Å². The first kappa shape index (κ1) is 19.0. The number of aryl methyl sites for hydroxylation is 1. The molecule has 2 amide bonds. The highest BCUT2D eigenvalue weighted by atomic mass is 32.2. The van der Waals surface area contributed by atoms with Crippen LogP contribution < -0.4 is 5.32 Å². The van der Waals surface area contributed by atoms with E-state index in [1.165, 1.54) is 18.7 Å². The summed E-state index contributed by atoms with van der Waals surface area (Å²) in [6, 6.07) is 6.13. The smallest absolute Gasteiger partial charge is 0.352 e. The second kappa shape index (κ2) is 7.43. The minimum Gasteiger partial charge on any atom is -0.477 e. The average molecular weight is 390 g/mol. The summed E-state index contributed by atoms with van der Waals surface area (Å²) in [5.41, 5.74) is 1.62. The van der Waals surface area contributed by atoms with Crippen LogP contribution in [0, 0.1) is 6.92 Å². The summed E-state index contributed by atoms with van der Waals surface area (Å²) in [5.74, 6) is -2.39. The molecule has 9 heteroatoms. The van der Waals surface area contributed by atoms with Gasteiger partial charge in [-0.2, -0.15) is 0 Å². The zero-order valence-electron chi connectivity index (χ0n) is 14.7. The van der Waals surface area contributed by atoms with Crippen LogP contribution in [0.1, 0.15) is 22.8 Å². The minimum absolute atomic E-state index is 0.175. The molecule has 0 saturated carbocycles. The third-order valence-electron chi connectivity index (χ3n) is 4.30. The first-order chi connectivity index (χ1) is 12.8. The molecule has 0 aliphatic carbocycles. The van der Waals surface area contributed by atoms with Crippen LogP contribution in [0.2, 0.25) is 0 Å². The highest BCUT2D eigenvalue weighted by Crippen LogP contribution is 2.40. The Morgan fingerprint density at radius 3 is 2.56 bits per heavy atom. The number of fused-ring (bicyclic) bond motifs is 1. The summed E-state index contributed by atoms with van der Waals surface area (Å²) < 4.78 is 4.88. The van der Waals surface area contributed by atoms with E-state index in [0.29, 0.717) is 16.9 Å². The van der Waals surface area contributed by atoms with Crippen molar-refractivity contribution in [2.75, 3.05) is 12.4 Å². The lowest BCUT2D eigenvalue weighted by molar-refractivity contribution is -0.149. The number of nitrogens with one attached hydrogen (secondary N) is 1. The summed E-state index contributed by atoms with van der Waals surface area (Å²) in [6.45, 7) is 2.95. The van der Waals surface area contributed by atoms with Gasteiger partial charge in [0.15, 0.2) is 0 Å². The van der Waals surface area contributed by atoms with Crippen LogP contribution >= 0.6 is 11.8 Å². The minimum atomic E-state index is -1.26. The number of β-lactam (4-membered cyclic amide) rings is 1. The number of carboxylic acids is 1. The molecule has 27 heavy (non-hydrogen) atoms. The normalized spacial score (nSPS) is 21.3. The molecule has 2 aliphatic rings. The molecule has 1 fully saturated rings. The van der Waals surface area contributed by atoms with E-state index in [1.807, 2.05) is 6.92 Å². The molecule has 2 atom stereocenters. The van der Waals surface area contributed by atoms with E-state index in [-0.39, 0.29) is 18.2 Å². The number of thioether (sulfide) groups is 1. The molecular formula is C18H18N2O6S. The van der Waals surface area contributed by atoms with Crippen molar-refractivity contribution in [3.63, 3.8) is 0 Å². The summed E-state index contributed by atoms with van der Waals surface area (Å²) in [6.07, 6.45) is 0. The number of carbonyl (C=O) groups excluding carboxylic acids is 3. The van der Waals surface area contributed by atoms with Gasteiger partial charge in [0.25, 0.3) is 11.8 Å². The lowest BCUT2D eigenvalue weighted by atomic mass is 10.0. The molecule has 142 valence electrons. The van der Waals surface area contributed by atoms with Crippen molar-refractivity contribution in [2.24, 2.45) is 0 Å². The van der Waals surface area contributed by atoms with E-state index in [9.17, 15) is 24.3 Å². The van der Waals surface area contributed by atoms with Gasteiger partial charge in [-0.15, -0.1) is 11.8 Å². The maximum atomic E-state index is 12.5. The fourth-order valence-corrected chi connectivity index (χ4v) is 4.24. The van der Waals surface area contributed by atoms with Crippen molar-refractivity contribution in [1.29, 1.82) is 0 Å². The number of carbonyl (C=O) groups is 4. The van der Waals surface area contributed by atoms with Gasteiger partial charge in [-0.05, 0) is 19.1 Å². The zero-order valence-corrected chi connectivity index (χ0v) is 15.5. The topological polar surface area (TPSA) is 113 Å². The highest BCUT2D eigenvalue weighted by Gasteiger charge is 2.54. The van der Waals surface area contributed by atoms with Crippen molar-refractivity contribution in [3.8, 4) is 0 Å². The Labute approximate surface area is 159 Å². The molecule has 3 rings (SSSR count). The number of ether oxygens (including phenoxy) is 1. The van der Waals surface area contributed by atoms with Crippen LogP contribution in [0.15, 0.2) is 35.5 Å². The number of esters is 1. The van der Waals surface area contributed by atoms with Crippen molar-refractivity contribution < 1.29 is 29.0 Å². The van der Waals surface area contributed by atoms with Gasteiger partial charge in [0.1, 0.15) is 23.7 Å². The third-order valence-corrected chi connectivity index (χ3v) is 5.64. The van der Waals surface area contributed by atoms with E-state index in [1.54, 1.807) is 24.3 Å². The maximum Gasteiger partial charge on any atom is 0.352 e. The molecule has 2 N–H and O–H groups in total. The number of hydrogen-bond donors (Lipinski definition) is 2. The zero-order chi connectivity index (χ0) is 19.7. The van der Waals surface area contributed by atoms with E-state index < -0.39 is 29.3 Å². The molecule has 0 aromatic heterocycles. The molecule has 1 saturated heterocycles. The van der Waals surface area contributed by atoms with Gasteiger partial charge >= 0.3 is 11.9 Å². The van der Waals surface area contributed by atoms with Crippen LogP contribution in [0.4, 0.5) is 0 Å². The Morgan fingerprint density at radius 1 is 1.30 bits per heavy atom. The Hall–Kier alpha value is -2.81. The second-order valence-electron chi connectivity index (χ2n) is 6.26. The molecule has 1 unspecified atom stereocenters. The van der Waals surface area contributed by atoms with Crippen molar-refractivity contribution in [1.82, 2.24) is 10.2 Å². The Kier molecular flexibility index (Phi) is 5.22. The maximum absolute atomic E-state index is 12.5. The second-order valence-corrected chi connectivity index (χ2v) is 7.37. The number of rotatable bonds is 5. The summed E-state index contributed by atoms with van der Waals surface area (Å²) >= 11 is 1.32. The predicted molar refractivity (Wildman–Crippen MR) is 96.8 cm³/mol. The Morgan fingerprint density at radius 2 is 1.96 bits per heavy atom. The van der Waals surface area contributed by atoms with Crippen LogP contribution in [-0.2, 0) is 19.1 Å². The molecule has 0 spiro atoms. The fraction of sp³-hybridized carbons (Fsp3) is 0.333. The monoisotopic (exact) mass is 390 g/mol. The van der Waals surface area contributed by atoms with Gasteiger partial charge in [-0.1, -0.05) is 17.7 Å². The molecule has 2 heterocycles. The van der Waals surface area contributed by atoms with Crippen LogP contribution in [-0.4, -0.2) is 57.5 Å². The fourth-order valence-electron chi connectivity index (χ4n) is 2.91. The summed E-state index contributed by atoms with van der Waals surface area (Å²) in [4.78, 5) is 48.6. The molecule has 2 aliphatic heterocycles. The molecule has 1 aromatic carbocycles. The molecular weight excluding hydrogens is 372 g/mol. The molecule has 0 radical (unpaired) electrons. The van der Waals surface area contributed by atoms with Gasteiger partial charge in [-0.3, -0.25) is 19.3 Å². The predicted octanol–water partition coefficient (Wildman–Crippen LogP) is 0.910. The van der Waals surface area contributed by atoms with E-state index in [4.69, 9.17) is 4.74 Å². The van der Waals surface area contributed by atoms with Gasteiger partial charge < -0.3 is 15.2 Å². The lowest BCUT2D eigenvalue weighted by Gasteiger charge is -2.49.